The molecule has 3 N–H and O–H groups in total. The summed E-state index contributed by atoms with van der Waals surface area (Å²) in [4.78, 5) is 0. The third-order valence-electron chi connectivity index (χ3n) is 5.66. The van der Waals surface area contributed by atoms with E-state index in [1.165, 1.54) is 24.3 Å². The molecule has 0 aliphatic rings. The number of hydrogen-bond donors (Lipinski definition) is 0. The van der Waals surface area contributed by atoms with Gasteiger partial charge in [-0.25, -0.2) is 0 Å². The molecule has 0 fully saturated rings. The largest absolute Gasteiger partial charge is 1.00 e. The van der Waals surface area contributed by atoms with Crippen molar-refractivity contribution in [3.63, 3.8) is 0 Å². The van der Waals surface area contributed by atoms with Gasteiger partial charge in [-0.05, 0) is 44.8 Å². The number of ether oxygens (including phenoxy) is 2. The predicted octanol–water partition coefficient (Wildman–Crippen LogP) is -2.61. The predicted molar refractivity (Wildman–Crippen MR) is 143 cm³/mol. The van der Waals surface area contributed by atoms with Crippen molar-refractivity contribution < 1.29 is 135 Å². The molecule has 0 aromatic heterocycles. The maximum absolute atomic E-state index is 13.1. The molecule has 4 rings (SSSR count). The van der Waals surface area contributed by atoms with Crippen LogP contribution in [0.3, 0.4) is 0 Å². The number of alkyl halides is 8. The number of benzene rings is 4. The Morgan fingerprint density at radius 1 is 0.646 bits per heavy atom. The van der Waals surface area contributed by atoms with Gasteiger partial charge in [-0.2, -0.15) is 43.5 Å². The van der Waals surface area contributed by atoms with Gasteiger partial charge in [0.2, 0.25) is 0 Å². The van der Waals surface area contributed by atoms with Gasteiger partial charge in [-0.1, -0.05) is 76.7 Å². The molecular formula is C26H22F9Li3O8S2. The quantitative estimate of drug-likeness (QED) is 0.0754. The minimum Gasteiger partial charge on any atom is -1.00 e. The van der Waals surface area contributed by atoms with Crippen molar-refractivity contribution in [3.8, 4) is 0 Å². The van der Waals surface area contributed by atoms with Crippen molar-refractivity contribution in [2.24, 2.45) is 0 Å². The molecule has 48 heavy (non-hydrogen) atoms. The van der Waals surface area contributed by atoms with E-state index in [1.54, 1.807) is 60.7 Å². The summed E-state index contributed by atoms with van der Waals surface area (Å²) in [5, 5.41) is -8.24. The minimum absolute atomic E-state index is 0. The molecule has 0 saturated carbocycles. The van der Waals surface area contributed by atoms with Crippen LogP contribution in [0.2, 0.25) is 0 Å². The van der Waals surface area contributed by atoms with Gasteiger partial charge in [0.15, 0.2) is 0 Å². The Hall–Kier alpha value is -1.54. The molecule has 4 aromatic carbocycles. The van der Waals surface area contributed by atoms with Gasteiger partial charge in [-0.3, -0.25) is 4.21 Å². The van der Waals surface area contributed by atoms with Gasteiger partial charge in [0, 0.05) is 11.1 Å². The maximum atomic E-state index is 13.1. The SMILES string of the molecule is O.O=S(=O)(F)C(F)(F)C(F)(F)OCc1ccc2ccccc2c1.O=S([O-])C(F)(F)C(F)(F)OCc1ccc2ccccc2c1.[H-].[Li+].[Li+].[Li+].[OH-]. The number of halogens is 9. The second-order valence-electron chi connectivity index (χ2n) is 8.68. The Labute approximate surface area is 307 Å². The molecule has 4 aromatic rings. The van der Waals surface area contributed by atoms with Crippen molar-refractivity contribution >= 4 is 42.8 Å². The van der Waals surface area contributed by atoms with Crippen LogP contribution >= 0.6 is 0 Å². The number of hydrogen-bond acceptors (Lipinski definition) is 7. The van der Waals surface area contributed by atoms with Crippen LogP contribution in [0, 0.1) is 0 Å². The average Bonchev–Trinajstić information content (AvgIpc) is 2.94. The van der Waals surface area contributed by atoms with E-state index in [0.29, 0.717) is 5.39 Å². The first kappa shape index (κ1) is 50.8. The van der Waals surface area contributed by atoms with Crippen LogP contribution < -0.4 is 56.6 Å². The number of rotatable bonds is 10. The standard InChI is InChI=1S/C13H9F5O3S.C13H10F4O3S.3Li.2H2O.H/c14-12(15,13(16,17)22(18,19)20)21-8-9-5-6-10-3-1-2-4-11(10)7-9;14-12(15,13(16,17)21(18)19)20-8-9-5-6-10-3-1-2-4-11(10)7-9;;;;;;/h1-7H,8H2;1-7H,8H2,(H,18,19);;;;2*1H2;/q;;3*+1;;;-1/p-2. The molecule has 0 saturated heterocycles. The third-order valence-corrected chi connectivity index (χ3v) is 7.17. The van der Waals surface area contributed by atoms with Crippen molar-refractivity contribution in [1.82, 2.24) is 0 Å². The molecule has 0 heterocycles. The zero-order chi connectivity index (χ0) is 32.3. The summed E-state index contributed by atoms with van der Waals surface area (Å²) in [7, 11) is -6.81. The number of fused-ring (bicyclic) bond motifs is 2. The molecule has 0 amide bonds. The van der Waals surface area contributed by atoms with Gasteiger partial charge < -0.3 is 26.4 Å². The van der Waals surface area contributed by atoms with E-state index in [4.69, 9.17) is 0 Å². The van der Waals surface area contributed by atoms with E-state index >= 15 is 0 Å². The van der Waals surface area contributed by atoms with E-state index in [2.05, 4.69) is 9.47 Å². The molecular weight excluding hydrogens is 696 g/mol. The second-order valence-corrected chi connectivity index (χ2v) is 11.1. The first-order chi connectivity index (χ1) is 19.8. The topological polar surface area (TPSA) is 154 Å². The summed E-state index contributed by atoms with van der Waals surface area (Å²) < 4.78 is 164. The fourth-order valence-electron chi connectivity index (χ4n) is 3.41. The summed E-state index contributed by atoms with van der Waals surface area (Å²) in [6.45, 7) is -1.85. The summed E-state index contributed by atoms with van der Waals surface area (Å²) in [6, 6.07) is 22.7. The van der Waals surface area contributed by atoms with E-state index in [1.807, 2.05) is 0 Å². The summed E-state index contributed by atoms with van der Waals surface area (Å²) in [5.41, 5.74) is 0.325. The molecule has 0 aliphatic heterocycles. The minimum atomic E-state index is -6.81. The summed E-state index contributed by atoms with van der Waals surface area (Å²) >= 11 is -4.28. The molecule has 0 bridgehead atoms. The Kier molecular flexibility index (Phi) is 20.9. The van der Waals surface area contributed by atoms with Crippen LogP contribution in [0.1, 0.15) is 12.6 Å². The van der Waals surface area contributed by atoms with Gasteiger partial charge in [-0.15, -0.1) is 0 Å². The Balaban J connectivity index is -0.000000368. The average molecular weight is 718 g/mol. The molecule has 252 valence electrons. The summed E-state index contributed by atoms with van der Waals surface area (Å²) in [6.07, 6.45) is -10.6. The normalized spacial score (nSPS) is 12.5. The van der Waals surface area contributed by atoms with Gasteiger partial charge in [0.25, 0.3) is 0 Å². The van der Waals surface area contributed by atoms with Crippen molar-refractivity contribution in [2.75, 3.05) is 0 Å². The van der Waals surface area contributed by atoms with Crippen LogP contribution in [0.4, 0.5) is 39.0 Å². The van der Waals surface area contributed by atoms with Crippen molar-refractivity contribution in [1.29, 1.82) is 0 Å². The van der Waals surface area contributed by atoms with Gasteiger partial charge in [0.1, 0.15) is 0 Å². The van der Waals surface area contributed by atoms with E-state index in [9.17, 15) is 56.2 Å². The Morgan fingerprint density at radius 2 is 0.979 bits per heavy atom. The molecule has 0 aliphatic carbocycles. The fourth-order valence-corrected chi connectivity index (χ4v) is 4.01. The second kappa shape index (κ2) is 19.7. The van der Waals surface area contributed by atoms with Crippen LogP contribution in [0.15, 0.2) is 84.9 Å². The third kappa shape index (κ3) is 12.1. The van der Waals surface area contributed by atoms with E-state index < -0.39 is 57.2 Å². The molecule has 0 radical (unpaired) electrons. The van der Waals surface area contributed by atoms with Gasteiger partial charge >= 0.3 is 89.5 Å². The zero-order valence-electron chi connectivity index (χ0n) is 26.1. The van der Waals surface area contributed by atoms with Crippen molar-refractivity contribution in [3.05, 3.63) is 96.1 Å². The van der Waals surface area contributed by atoms with Crippen LogP contribution in [-0.4, -0.2) is 50.9 Å². The van der Waals surface area contributed by atoms with E-state index in [-0.39, 0.29) is 80.1 Å². The Morgan fingerprint density at radius 3 is 1.31 bits per heavy atom. The monoisotopic (exact) mass is 718 g/mol. The van der Waals surface area contributed by atoms with Crippen molar-refractivity contribution in [2.45, 2.75) is 35.9 Å². The molecule has 22 heteroatoms. The molecule has 1 atom stereocenters. The fraction of sp³-hybridized carbons (Fsp3) is 0.231. The van der Waals surface area contributed by atoms with Crippen LogP contribution in [-0.2, 0) is 44.0 Å². The van der Waals surface area contributed by atoms with E-state index in [0.717, 1.165) is 16.2 Å². The summed E-state index contributed by atoms with van der Waals surface area (Å²) in [5.74, 6) is 0. The first-order valence-electron chi connectivity index (χ1n) is 11.6. The van der Waals surface area contributed by atoms with Crippen LogP contribution in [0.5, 0.6) is 0 Å². The Bertz CT molecular complexity index is 1740. The zero-order valence-corrected chi connectivity index (χ0v) is 26.7. The molecule has 8 nitrogen and oxygen atoms in total. The smallest absolute Gasteiger partial charge is 1.00 e. The maximum Gasteiger partial charge on any atom is 1.00 e. The molecule has 1 unspecified atom stereocenters. The molecule has 0 spiro atoms. The first-order valence-corrected chi connectivity index (χ1v) is 14.0. The van der Waals surface area contributed by atoms with Gasteiger partial charge in [0.05, 0.1) is 13.2 Å². The van der Waals surface area contributed by atoms with Crippen LogP contribution in [0.25, 0.3) is 21.5 Å².